The quantitative estimate of drug-likeness (QED) is 0.550. The summed E-state index contributed by atoms with van der Waals surface area (Å²) in [6, 6.07) is 7.85. The monoisotopic (exact) mass is 373 g/mol. The molecule has 0 spiro atoms. The number of fused-ring (bicyclic) bond motifs is 1. The Labute approximate surface area is 150 Å². The summed E-state index contributed by atoms with van der Waals surface area (Å²) in [5.41, 5.74) is 1.48. The fraction of sp³-hybridized carbons (Fsp3) is 0.125. The summed E-state index contributed by atoms with van der Waals surface area (Å²) in [6.45, 7) is 1.01. The van der Waals surface area contributed by atoms with Gasteiger partial charge in [0.05, 0.1) is 11.8 Å². The van der Waals surface area contributed by atoms with Crippen molar-refractivity contribution in [3.05, 3.63) is 51.6 Å². The fourth-order valence-corrected chi connectivity index (χ4v) is 3.09. The van der Waals surface area contributed by atoms with Crippen molar-refractivity contribution < 1.29 is 23.6 Å². The number of nitrogens with zero attached hydrogens (tertiary/aromatic N) is 2. The Kier molecular flexibility index (Phi) is 4.01. The molecule has 0 fully saturated rings. The first-order chi connectivity index (χ1) is 12.6. The topological polar surface area (TPSA) is 117 Å². The SMILES string of the molecule is O=C(Nc1nc(-c2ccc3c(c2)OCCO3)cs1)c1ccc([N+](=O)[O-])o1. The Hall–Kier alpha value is -3.40. The van der Waals surface area contributed by atoms with E-state index < -0.39 is 16.7 Å². The number of benzene rings is 1. The molecular weight excluding hydrogens is 362 g/mol. The van der Waals surface area contributed by atoms with Gasteiger partial charge in [-0.25, -0.2) is 4.98 Å². The minimum Gasteiger partial charge on any atom is -0.486 e. The van der Waals surface area contributed by atoms with Crippen LogP contribution in [-0.4, -0.2) is 29.0 Å². The number of rotatable bonds is 4. The zero-order valence-corrected chi connectivity index (χ0v) is 13.9. The number of amides is 1. The van der Waals surface area contributed by atoms with Crippen molar-refractivity contribution in [1.29, 1.82) is 0 Å². The first-order valence-corrected chi connectivity index (χ1v) is 8.39. The molecule has 1 N–H and O–H groups in total. The first kappa shape index (κ1) is 16.1. The summed E-state index contributed by atoms with van der Waals surface area (Å²) in [6.07, 6.45) is 0. The van der Waals surface area contributed by atoms with E-state index in [1.807, 2.05) is 18.2 Å². The lowest BCUT2D eigenvalue weighted by Crippen LogP contribution is -2.15. The van der Waals surface area contributed by atoms with E-state index in [9.17, 15) is 14.9 Å². The Morgan fingerprint density at radius 1 is 1.19 bits per heavy atom. The Morgan fingerprint density at radius 3 is 2.77 bits per heavy atom. The van der Waals surface area contributed by atoms with E-state index in [1.54, 1.807) is 5.38 Å². The van der Waals surface area contributed by atoms with Crippen molar-refractivity contribution in [2.45, 2.75) is 0 Å². The second-order valence-corrected chi connectivity index (χ2v) is 6.10. The molecule has 0 saturated carbocycles. The summed E-state index contributed by atoms with van der Waals surface area (Å²) in [7, 11) is 0. The molecule has 1 aliphatic heterocycles. The minimum absolute atomic E-state index is 0.159. The normalized spacial score (nSPS) is 12.6. The largest absolute Gasteiger partial charge is 0.486 e. The highest BCUT2D eigenvalue weighted by Crippen LogP contribution is 2.35. The molecule has 0 saturated heterocycles. The number of furan rings is 1. The molecule has 132 valence electrons. The van der Waals surface area contributed by atoms with Crippen LogP contribution < -0.4 is 14.8 Å². The van der Waals surface area contributed by atoms with Gasteiger partial charge in [-0.15, -0.1) is 11.3 Å². The zero-order valence-electron chi connectivity index (χ0n) is 13.1. The Morgan fingerprint density at radius 2 is 2.00 bits per heavy atom. The molecule has 0 bridgehead atoms. The van der Waals surface area contributed by atoms with Crippen LogP contribution in [0.5, 0.6) is 11.5 Å². The van der Waals surface area contributed by atoms with Gasteiger partial charge in [0, 0.05) is 10.9 Å². The Bertz CT molecular complexity index is 996. The fourth-order valence-electron chi connectivity index (χ4n) is 2.37. The molecule has 3 aromatic rings. The molecule has 2 aromatic heterocycles. The highest BCUT2D eigenvalue weighted by Gasteiger charge is 2.19. The van der Waals surface area contributed by atoms with Crippen LogP contribution in [0.15, 0.2) is 40.1 Å². The lowest BCUT2D eigenvalue weighted by Gasteiger charge is -2.18. The van der Waals surface area contributed by atoms with Crippen LogP contribution in [0.4, 0.5) is 11.0 Å². The van der Waals surface area contributed by atoms with Gasteiger partial charge in [0.25, 0.3) is 5.91 Å². The van der Waals surface area contributed by atoms with E-state index in [2.05, 4.69) is 10.3 Å². The highest BCUT2D eigenvalue weighted by molar-refractivity contribution is 7.14. The lowest BCUT2D eigenvalue weighted by molar-refractivity contribution is -0.402. The lowest BCUT2D eigenvalue weighted by atomic mass is 10.1. The molecule has 0 atom stereocenters. The van der Waals surface area contributed by atoms with Crippen LogP contribution in [0.25, 0.3) is 11.3 Å². The Balaban J connectivity index is 1.50. The number of nitro groups is 1. The van der Waals surface area contributed by atoms with Crippen molar-refractivity contribution >= 4 is 28.3 Å². The third-order valence-electron chi connectivity index (χ3n) is 3.56. The molecule has 1 amide bonds. The molecule has 1 aromatic carbocycles. The van der Waals surface area contributed by atoms with E-state index >= 15 is 0 Å². The summed E-state index contributed by atoms with van der Waals surface area (Å²) in [5, 5.41) is 15.3. The molecule has 4 rings (SSSR count). The number of carbonyl (C=O) groups excluding carboxylic acids is 1. The molecule has 0 unspecified atom stereocenters. The number of ether oxygens (including phenoxy) is 2. The predicted octanol–water partition coefficient (Wildman–Crippen LogP) is 3.33. The second-order valence-electron chi connectivity index (χ2n) is 5.25. The van der Waals surface area contributed by atoms with Gasteiger partial charge in [-0.05, 0) is 24.3 Å². The minimum atomic E-state index is -0.708. The first-order valence-electron chi connectivity index (χ1n) is 7.51. The van der Waals surface area contributed by atoms with Gasteiger partial charge < -0.3 is 13.9 Å². The van der Waals surface area contributed by atoms with Crippen molar-refractivity contribution in [3.63, 3.8) is 0 Å². The summed E-state index contributed by atoms with van der Waals surface area (Å²) >= 11 is 1.23. The zero-order chi connectivity index (χ0) is 18.1. The highest BCUT2D eigenvalue weighted by atomic mass is 32.1. The van der Waals surface area contributed by atoms with Gasteiger partial charge in [-0.3, -0.25) is 20.2 Å². The van der Waals surface area contributed by atoms with Crippen molar-refractivity contribution in [2.24, 2.45) is 0 Å². The maximum Gasteiger partial charge on any atom is 0.433 e. The number of anilines is 1. The van der Waals surface area contributed by atoms with E-state index in [1.165, 1.54) is 17.4 Å². The molecule has 3 heterocycles. The van der Waals surface area contributed by atoms with Crippen LogP contribution in [0.2, 0.25) is 0 Å². The molecule has 26 heavy (non-hydrogen) atoms. The number of nitrogens with one attached hydrogen (secondary N) is 1. The van der Waals surface area contributed by atoms with Crippen molar-refractivity contribution in [1.82, 2.24) is 4.98 Å². The third-order valence-corrected chi connectivity index (χ3v) is 4.32. The number of hydrogen-bond acceptors (Lipinski definition) is 8. The maximum absolute atomic E-state index is 12.1. The van der Waals surface area contributed by atoms with Crippen molar-refractivity contribution in [3.8, 4) is 22.8 Å². The van der Waals surface area contributed by atoms with Crippen molar-refractivity contribution in [2.75, 3.05) is 18.5 Å². The van der Waals surface area contributed by atoms with Crippen LogP contribution >= 0.6 is 11.3 Å². The van der Waals surface area contributed by atoms with Gasteiger partial charge in [0.1, 0.15) is 18.1 Å². The summed E-state index contributed by atoms with van der Waals surface area (Å²) in [4.78, 5) is 26.3. The van der Waals surface area contributed by atoms with E-state index in [0.29, 0.717) is 35.5 Å². The third kappa shape index (κ3) is 3.09. The maximum atomic E-state index is 12.1. The molecule has 0 radical (unpaired) electrons. The number of carbonyl (C=O) groups is 1. The van der Waals surface area contributed by atoms with Crippen LogP contribution in [0, 0.1) is 10.1 Å². The average Bonchev–Trinajstić information content (AvgIpc) is 3.31. The van der Waals surface area contributed by atoms with Gasteiger partial charge in [-0.1, -0.05) is 0 Å². The molecule has 1 aliphatic rings. The van der Waals surface area contributed by atoms with Crippen LogP contribution in [0.3, 0.4) is 0 Å². The van der Waals surface area contributed by atoms with Crippen LogP contribution in [-0.2, 0) is 0 Å². The molecular formula is C16H11N3O6S. The number of hydrogen-bond donors (Lipinski definition) is 1. The second kappa shape index (κ2) is 6.48. The van der Waals surface area contributed by atoms with Gasteiger partial charge in [0.2, 0.25) is 0 Å². The van der Waals surface area contributed by atoms with Gasteiger partial charge in [-0.2, -0.15) is 0 Å². The summed E-state index contributed by atoms with van der Waals surface area (Å²) < 4.78 is 15.9. The smallest absolute Gasteiger partial charge is 0.433 e. The number of aromatic nitrogens is 1. The van der Waals surface area contributed by atoms with Gasteiger partial charge >= 0.3 is 5.88 Å². The van der Waals surface area contributed by atoms with E-state index in [-0.39, 0.29) is 5.76 Å². The van der Waals surface area contributed by atoms with E-state index in [0.717, 1.165) is 11.6 Å². The van der Waals surface area contributed by atoms with E-state index in [4.69, 9.17) is 13.9 Å². The summed E-state index contributed by atoms with van der Waals surface area (Å²) in [5.74, 6) is 0.0682. The van der Waals surface area contributed by atoms with Crippen LogP contribution in [0.1, 0.15) is 10.6 Å². The molecule has 9 nitrogen and oxygen atoms in total. The average molecular weight is 373 g/mol. The molecule has 0 aliphatic carbocycles. The predicted molar refractivity (Wildman–Crippen MR) is 91.9 cm³/mol. The van der Waals surface area contributed by atoms with Gasteiger partial charge in [0.15, 0.2) is 22.4 Å². The number of thiazole rings is 1. The molecule has 10 heteroatoms. The standard InChI is InChI=1S/C16H11N3O6S/c20-15(12-3-4-14(25-12)19(21)22)18-16-17-10(8-26-16)9-1-2-11-13(7-9)24-6-5-23-11/h1-4,7-8H,5-6H2,(H,17,18,20).